The molecule has 2 aromatic heterocycles. The van der Waals surface area contributed by atoms with Gasteiger partial charge in [0.05, 0.1) is 25.1 Å². The van der Waals surface area contributed by atoms with Gasteiger partial charge < -0.3 is 53.3 Å². The van der Waals surface area contributed by atoms with Crippen molar-refractivity contribution in [2.75, 3.05) is 6.54 Å². The minimum atomic E-state index is -1.75. The first-order valence-electron chi connectivity index (χ1n) is 12.1. The maximum absolute atomic E-state index is 13.3. The molecule has 18 nitrogen and oxygen atoms in total. The summed E-state index contributed by atoms with van der Waals surface area (Å²) >= 11 is 0. The summed E-state index contributed by atoms with van der Waals surface area (Å²) in [7, 11) is 0. The molecule has 0 saturated heterocycles. The normalized spacial score (nSPS) is 13.7. The Morgan fingerprint density at radius 2 is 1.40 bits per heavy atom. The van der Waals surface area contributed by atoms with Gasteiger partial charge in [0.25, 0.3) is 0 Å². The van der Waals surface area contributed by atoms with Crippen LogP contribution in [0.5, 0.6) is 0 Å². The van der Waals surface area contributed by atoms with E-state index in [2.05, 4.69) is 40.9 Å². The maximum atomic E-state index is 13.3. The molecule has 2 aromatic rings. The monoisotopic (exact) mass is 563 g/mol. The average molecular weight is 564 g/mol. The summed E-state index contributed by atoms with van der Waals surface area (Å²) in [5, 5.41) is 25.5. The molecule has 0 fully saturated rings. The molecule has 4 atom stereocenters. The van der Waals surface area contributed by atoms with Gasteiger partial charge in [0.1, 0.15) is 18.1 Å². The van der Waals surface area contributed by atoms with Gasteiger partial charge in [0.2, 0.25) is 17.7 Å². The Bertz CT molecular complexity index is 1160. The number of nitrogens with zero attached hydrogens (tertiary/aromatic N) is 3. The van der Waals surface area contributed by atoms with Crippen LogP contribution < -0.4 is 33.2 Å². The third-order valence-corrected chi connectivity index (χ3v) is 5.51. The second-order valence-electron chi connectivity index (χ2n) is 8.74. The Hall–Kier alpha value is -5.00. The smallest absolute Gasteiger partial charge is 0.326 e. The van der Waals surface area contributed by atoms with Crippen LogP contribution in [0, 0.1) is 0 Å². The fourth-order valence-electron chi connectivity index (χ4n) is 3.52. The fraction of sp³-hybridized carbons (Fsp3) is 0.455. The van der Waals surface area contributed by atoms with E-state index in [9.17, 15) is 29.1 Å². The van der Waals surface area contributed by atoms with E-state index in [1.165, 1.54) is 25.0 Å². The van der Waals surface area contributed by atoms with Gasteiger partial charge in [0, 0.05) is 43.2 Å². The van der Waals surface area contributed by atoms with E-state index in [0.717, 1.165) is 0 Å². The lowest BCUT2D eigenvalue weighted by atomic mass is 10.1. The van der Waals surface area contributed by atoms with Crippen LogP contribution >= 0.6 is 0 Å². The molecule has 13 N–H and O–H groups in total. The van der Waals surface area contributed by atoms with Gasteiger partial charge >= 0.3 is 11.9 Å². The van der Waals surface area contributed by atoms with Gasteiger partial charge in [-0.25, -0.2) is 14.8 Å². The number of nitrogens with one attached hydrogen (secondary N) is 5. The molecule has 0 aliphatic rings. The molecule has 0 radical (unpaired) electrons. The number of aromatic amines is 2. The summed E-state index contributed by atoms with van der Waals surface area (Å²) in [5.74, 6) is -5.57. The number of H-pyrrole nitrogens is 2. The fourth-order valence-corrected chi connectivity index (χ4v) is 3.52. The zero-order valence-corrected chi connectivity index (χ0v) is 21.4. The first-order chi connectivity index (χ1) is 19.0. The number of amides is 3. The van der Waals surface area contributed by atoms with Crippen molar-refractivity contribution in [3.8, 4) is 0 Å². The van der Waals surface area contributed by atoms with Crippen LogP contribution in [0.3, 0.4) is 0 Å². The summed E-state index contributed by atoms with van der Waals surface area (Å²) < 4.78 is 0. The van der Waals surface area contributed by atoms with Crippen LogP contribution in [0.4, 0.5) is 0 Å². The molecule has 3 amide bonds. The van der Waals surface area contributed by atoms with Crippen molar-refractivity contribution < 1.29 is 34.2 Å². The number of imidazole rings is 2. The first kappa shape index (κ1) is 31.2. The highest BCUT2D eigenvalue weighted by atomic mass is 16.4. The number of carboxylic acid groups (broad SMARTS) is 2. The molecule has 4 unspecified atom stereocenters. The largest absolute Gasteiger partial charge is 0.481 e. The highest BCUT2D eigenvalue weighted by Crippen LogP contribution is 2.06. The number of guanidine groups is 1. The Morgan fingerprint density at radius 3 is 1.93 bits per heavy atom. The molecule has 0 aliphatic heterocycles. The van der Waals surface area contributed by atoms with Crippen LogP contribution in [-0.2, 0) is 36.8 Å². The van der Waals surface area contributed by atoms with E-state index in [1.807, 2.05) is 0 Å². The van der Waals surface area contributed by atoms with E-state index in [1.54, 1.807) is 0 Å². The van der Waals surface area contributed by atoms with Gasteiger partial charge in [-0.1, -0.05) is 0 Å². The third kappa shape index (κ3) is 10.8. The number of aliphatic imine (C=N–C) groups is 1. The number of carbonyl (C=O) groups excluding carboxylic acids is 3. The molecule has 18 heteroatoms. The van der Waals surface area contributed by atoms with Crippen molar-refractivity contribution in [2.45, 2.75) is 56.3 Å². The molecular formula is C22H33N11O7. The van der Waals surface area contributed by atoms with Crippen molar-refractivity contribution >= 4 is 35.6 Å². The van der Waals surface area contributed by atoms with Crippen molar-refractivity contribution in [1.82, 2.24) is 35.9 Å². The molecule has 2 heterocycles. The first-order valence-corrected chi connectivity index (χ1v) is 12.1. The summed E-state index contributed by atoms with van der Waals surface area (Å²) in [6, 6.07) is -5.33. The van der Waals surface area contributed by atoms with Crippen LogP contribution in [0.1, 0.15) is 30.7 Å². The average Bonchev–Trinajstić information content (AvgIpc) is 3.58. The maximum Gasteiger partial charge on any atom is 0.326 e. The number of hydrogen-bond donors (Lipinski definition) is 10. The topological polar surface area (TPSA) is 310 Å². The van der Waals surface area contributed by atoms with Gasteiger partial charge in [-0.2, -0.15) is 0 Å². The third-order valence-electron chi connectivity index (χ3n) is 5.51. The van der Waals surface area contributed by atoms with E-state index < -0.39 is 60.2 Å². The Kier molecular flexibility index (Phi) is 12.0. The van der Waals surface area contributed by atoms with Crippen LogP contribution in [-0.4, -0.2) is 96.5 Å². The van der Waals surface area contributed by atoms with Gasteiger partial charge in [-0.05, 0) is 12.8 Å². The molecule has 2 rings (SSSR count). The van der Waals surface area contributed by atoms with Crippen molar-refractivity contribution in [2.24, 2.45) is 22.2 Å². The van der Waals surface area contributed by atoms with Crippen molar-refractivity contribution in [3.63, 3.8) is 0 Å². The highest BCUT2D eigenvalue weighted by molar-refractivity contribution is 5.94. The molecule has 218 valence electrons. The number of hydrogen-bond acceptors (Lipinski definition) is 9. The second-order valence-corrected chi connectivity index (χ2v) is 8.74. The predicted octanol–water partition coefficient (Wildman–Crippen LogP) is -3.69. The second kappa shape index (κ2) is 15.4. The molecule has 0 spiro atoms. The number of aliphatic carboxylic acids is 2. The SMILES string of the molecule is NC(N)=NCCCC(NC(=O)C(N)Cc1cnc[nH]1)C(=O)NC(Cc1cnc[nH]1)C(=O)NC(CC(=O)O)C(=O)O. The van der Waals surface area contributed by atoms with E-state index >= 15 is 0 Å². The van der Waals surface area contributed by atoms with E-state index in [0.29, 0.717) is 11.4 Å². The summed E-state index contributed by atoms with van der Waals surface area (Å²) in [6.07, 6.45) is 5.05. The van der Waals surface area contributed by atoms with Crippen LogP contribution in [0.15, 0.2) is 30.0 Å². The standard InChI is InChI=1S/C22H33N11O7/c23-13(4-11-7-26-9-29-11)18(36)31-14(2-1-3-28-22(24)25)19(37)32-15(5-12-8-27-10-30-12)20(38)33-16(21(39)40)6-17(34)35/h7-10,13-16H,1-6,23H2,(H,26,29)(H,27,30)(H,31,36)(H,32,37)(H,33,38)(H,34,35)(H,39,40)(H4,24,25,28). The van der Waals surface area contributed by atoms with Crippen LogP contribution in [0.2, 0.25) is 0 Å². The number of aromatic nitrogens is 4. The summed E-state index contributed by atoms with van der Waals surface area (Å²) in [6.45, 7) is 0.149. The minimum Gasteiger partial charge on any atom is -0.481 e. The van der Waals surface area contributed by atoms with Gasteiger partial charge in [-0.3, -0.25) is 24.2 Å². The molecule has 40 heavy (non-hydrogen) atoms. The number of nitrogens with two attached hydrogens (primary N) is 3. The quantitative estimate of drug-likeness (QED) is 0.0505. The lowest BCUT2D eigenvalue weighted by Gasteiger charge is -2.25. The summed E-state index contributed by atoms with van der Waals surface area (Å²) in [4.78, 5) is 78.7. The van der Waals surface area contributed by atoms with E-state index in [-0.39, 0.29) is 38.2 Å². The number of carbonyl (C=O) groups is 5. The number of carboxylic acids is 2. The highest BCUT2D eigenvalue weighted by Gasteiger charge is 2.31. The van der Waals surface area contributed by atoms with Crippen molar-refractivity contribution in [1.29, 1.82) is 0 Å². The zero-order valence-electron chi connectivity index (χ0n) is 21.4. The molecule has 0 bridgehead atoms. The Labute approximate surface area is 227 Å². The van der Waals surface area contributed by atoms with Crippen molar-refractivity contribution in [3.05, 3.63) is 36.4 Å². The van der Waals surface area contributed by atoms with Crippen LogP contribution in [0.25, 0.3) is 0 Å². The molecule has 0 saturated carbocycles. The molecular weight excluding hydrogens is 530 g/mol. The minimum absolute atomic E-state index is 0.0558. The molecule has 0 aliphatic carbocycles. The predicted molar refractivity (Wildman–Crippen MR) is 138 cm³/mol. The molecule has 0 aromatic carbocycles. The van der Waals surface area contributed by atoms with E-state index in [4.69, 9.17) is 22.3 Å². The van der Waals surface area contributed by atoms with Gasteiger partial charge in [0.15, 0.2) is 5.96 Å². The lowest BCUT2D eigenvalue weighted by molar-refractivity contribution is -0.147. The number of rotatable bonds is 17. The Morgan fingerprint density at radius 1 is 0.850 bits per heavy atom. The zero-order chi connectivity index (χ0) is 29.7. The van der Waals surface area contributed by atoms with Gasteiger partial charge in [-0.15, -0.1) is 0 Å². The Balaban J connectivity index is 2.20. The lowest BCUT2D eigenvalue weighted by Crippen LogP contribution is -2.58. The summed E-state index contributed by atoms with van der Waals surface area (Å²) in [5.41, 5.74) is 17.7.